The molecule has 1 amide bonds. The summed E-state index contributed by atoms with van der Waals surface area (Å²) in [6.07, 6.45) is 9.70. The lowest BCUT2D eigenvalue weighted by atomic mass is 9.97. The average Bonchev–Trinajstić information content (AvgIpc) is 2.63. The van der Waals surface area contributed by atoms with Crippen molar-refractivity contribution < 1.29 is 4.79 Å². The smallest absolute Gasteiger partial charge is 0.251 e. The molecule has 0 atom stereocenters. The van der Waals surface area contributed by atoms with Crippen LogP contribution in [0.1, 0.15) is 59.0 Å². The molecule has 1 aromatic carbocycles. The van der Waals surface area contributed by atoms with Gasteiger partial charge in [0.1, 0.15) is 0 Å². The van der Waals surface area contributed by atoms with Crippen molar-refractivity contribution in [3.8, 4) is 0 Å². The zero-order valence-electron chi connectivity index (χ0n) is 13.6. The molecule has 4 heteroatoms. The summed E-state index contributed by atoms with van der Waals surface area (Å²) in [5.41, 5.74) is 3.62. The van der Waals surface area contributed by atoms with Crippen molar-refractivity contribution in [2.75, 3.05) is 18.1 Å². The summed E-state index contributed by atoms with van der Waals surface area (Å²) in [5, 5.41) is 3.06. The van der Waals surface area contributed by atoms with Crippen molar-refractivity contribution in [2.45, 2.75) is 43.1 Å². The van der Waals surface area contributed by atoms with Crippen LogP contribution in [0.3, 0.4) is 0 Å². The van der Waals surface area contributed by atoms with Gasteiger partial charge in [-0.05, 0) is 67.7 Å². The van der Waals surface area contributed by atoms with Crippen LogP contribution < -0.4 is 5.32 Å². The van der Waals surface area contributed by atoms with Gasteiger partial charge in [-0.15, -0.1) is 23.5 Å². The standard InChI is InChI=1S/C19H25NOS2/c21-18(20-12-11-15-5-2-1-3-6-15)16-7-9-17(10-8-16)19-22-13-4-14-23-19/h5,7-10,19H,1-4,6,11-14H2,(H,20,21). The van der Waals surface area contributed by atoms with E-state index >= 15 is 0 Å². The molecule has 1 fully saturated rings. The Morgan fingerprint density at radius 1 is 1.09 bits per heavy atom. The van der Waals surface area contributed by atoms with Crippen LogP contribution in [-0.2, 0) is 0 Å². The molecule has 1 heterocycles. The summed E-state index contributed by atoms with van der Waals surface area (Å²) in [7, 11) is 0. The largest absolute Gasteiger partial charge is 0.352 e. The van der Waals surface area contributed by atoms with Gasteiger partial charge in [0.05, 0.1) is 4.58 Å². The number of amides is 1. The fourth-order valence-corrected chi connectivity index (χ4v) is 5.94. The molecule has 0 saturated carbocycles. The monoisotopic (exact) mass is 347 g/mol. The van der Waals surface area contributed by atoms with E-state index < -0.39 is 0 Å². The summed E-state index contributed by atoms with van der Waals surface area (Å²) in [5.74, 6) is 2.54. The number of benzene rings is 1. The molecule has 23 heavy (non-hydrogen) atoms. The Balaban J connectivity index is 1.48. The van der Waals surface area contributed by atoms with Crippen molar-refractivity contribution in [1.29, 1.82) is 0 Å². The minimum absolute atomic E-state index is 0.0527. The molecule has 3 rings (SSSR count). The van der Waals surface area contributed by atoms with Crippen molar-refractivity contribution in [3.63, 3.8) is 0 Å². The van der Waals surface area contributed by atoms with Gasteiger partial charge in [-0.25, -0.2) is 0 Å². The third-order valence-corrected chi connectivity index (χ3v) is 7.40. The third kappa shape index (κ3) is 5.05. The highest BCUT2D eigenvalue weighted by Gasteiger charge is 2.16. The number of carbonyl (C=O) groups is 1. The van der Waals surface area contributed by atoms with Gasteiger partial charge in [-0.3, -0.25) is 4.79 Å². The molecule has 0 aromatic heterocycles. The summed E-state index contributed by atoms with van der Waals surface area (Å²) >= 11 is 4.03. The predicted octanol–water partition coefficient (Wildman–Crippen LogP) is 5.18. The topological polar surface area (TPSA) is 29.1 Å². The van der Waals surface area contributed by atoms with E-state index in [1.54, 1.807) is 0 Å². The van der Waals surface area contributed by atoms with Crippen LogP contribution in [0.25, 0.3) is 0 Å². The molecule has 1 N–H and O–H groups in total. The van der Waals surface area contributed by atoms with Crippen LogP contribution in [0.15, 0.2) is 35.9 Å². The van der Waals surface area contributed by atoms with Gasteiger partial charge in [0.2, 0.25) is 0 Å². The first-order chi connectivity index (χ1) is 11.3. The molecular weight excluding hydrogens is 322 g/mol. The molecule has 0 spiro atoms. The quantitative estimate of drug-likeness (QED) is 0.745. The number of nitrogens with one attached hydrogen (secondary N) is 1. The molecule has 2 nitrogen and oxygen atoms in total. The summed E-state index contributed by atoms with van der Waals surface area (Å²) in [4.78, 5) is 12.2. The van der Waals surface area contributed by atoms with E-state index in [4.69, 9.17) is 0 Å². The number of rotatable bonds is 5. The van der Waals surface area contributed by atoms with E-state index in [1.807, 2.05) is 35.7 Å². The maximum atomic E-state index is 12.2. The molecule has 2 aliphatic rings. The highest BCUT2D eigenvalue weighted by Crippen LogP contribution is 2.43. The SMILES string of the molecule is O=C(NCCC1=CCCCC1)c1ccc(C2SCCCS2)cc1. The average molecular weight is 348 g/mol. The van der Waals surface area contributed by atoms with Crippen LogP contribution >= 0.6 is 23.5 Å². The van der Waals surface area contributed by atoms with E-state index in [1.165, 1.54) is 54.7 Å². The molecule has 1 aromatic rings. The van der Waals surface area contributed by atoms with Crippen LogP contribution in [-0.4, -0.2) is 24.0 Å². The van der Waals surface area contributed by atoms with Crippen molar-refractivity contribution in [3.05, 3.63) is 47.0 Å². The summed E-state index contributed by atoms with van der Waals surface area (Å²) in [6, 6.07) is 8.18. The zero-order valence-corrected chi connectivity index (χ0v) is 15.2. The Labute approximate surface area is 147 Å². The number of hydrogen-bond acceptors (Lipinski definition) is 3. The normalized spacial score (nSPS) is 19.2. The number of hydrogen-bond donors (Lipinski definition) is 1. The molecule has 0 bridgehead atoms. The van der Waals surface area contributed by atoms with E-state index in [9.17, 15) is 4.79 Å². The minimum Gasteiger partial charge on any atom is -0.352 e. The maximum Gasteiger partial charge on any atom is 0.251 e. The van der Waals surface area contributed by atoms with Crippen molar-refractivity contribution in [1.82, 2.24) is 5.32 Å². The Bertz CT molecular complexity index is 547. The summed E-state index contributed by atoms with van der Waals surface area (Å²) < 4.78 is 0.541. The van der Waals surface area contributed by atoms with Gasteiger partial charge in [-0.1, -0.05) is 23.8 Å². The van der Waals surface area contributed by atoms with Crippen molar-refractivity contribution in [2.24, 2.45) is 0 Å². The van der Waals surface area contributed by atoms with Crippen molar-refractivity contribution >= 4 is 29.4 Å². The number of allylic oxidation sites excluding steroid dienone is 1. The van der Waals surface area contributed by atoms with Gasteiger partial charge in [-0.2, -0.15) is 0 Å². The molecule has 1 aliphatic heterocycles. The molecule has 0 radical (unpaired) electrons. The Kier molecular flexibility index (Phi) is 6.52. The lowest BCUT2D eigenvalue weighted by Gasteiger charge is -2.21. The molecular formula is C19H25NOS2. The van der Waals surface area contributed by atoms with Gasteiger partial charge < -0.3 is 5.32 Å². The van der Waals surface area contributed by atoms with E-state index in [0.29, 0.717) is 4.58 Å². The first-order valence-electron chi connectivity index (χ1n) is 8.62. The second-order valence-electron chi connectivity index (χ2n) is 6.16. The first kappa shape index (κ1) is 17.0. The Morgan fingerprint density at radius 2 is 1.87 bits per heavy atom. The zero-order chi connectivity index (χ0) is 15.9. The molecule has 124 valence electrons. The fraction of sp³-hybridized carbons (Fsp3) is 0.526. The van der Waals surface area contributed by atoms with Gasteiger partial charge in [0.25, 0.3) is 5.91 Å². The lowest BCUT2D eigenvalue weighted by molar-refractivity contribution is 0.0954. The second-order valence-corrected chi connectivity index (χ2v) is 8.89. The van der Waals surface area contributed by atoms with Gasteiger partial charge in [0, 0.05) is 12.1 Å². The van der Waals surface area contributed by atoms with Crippen LogP contribution in [0.2, 0.25) is 0 Å². The second kappa shape index (κ2) is 8.84. The number of carbonyl (C=O) groups excluding carboxylic acids is 1. The van der Waals surface area contributed by atoms with Gasteiger partial charge in [0.15, 0.2) is 0 Å². The third-order valence-electron chi connectivity index (χ3n) is 4.39. The molecule has 0 unspecified atom stereocenters. The first-order valence-corrected chi connectivity index (χ1v) is 10.7. The van der Waals surface area contributed by atoms with E-state index in [0.717, 1.165) is 18.5 Å². The van der Waals surface area contributed by atoms with Gasteiger partial charge >= 0.3 is 0 Å². The minimum atomic E-state index is 0.0527. The fourth-order valence-electron chi connectivity index (χ4n) is 3.04. The predicted molar refractivity (Wildman–Crippen MR) is 102 cm³/mol. The van der Waals surface area contributed by atoms with Crippen LogP contribution in [0.4, 0.5) is 0 Å². The molecule has 1 saturated heterocycles. The lowest BCUT2D eigenvalue weighted by Crippen LogP contribution is -2.24. The Morgan fingerprint density at radius 3 is 2.57 bits per heavy atom. The van der Waals surface area contributed by atoms with Crippen LogP contribution in [0, 0.1) is 0 Å². The Hall–Kier alpha value is -0.870. The summed E-state index contributed by atoms with van der Waals surface area (Å²) in [6.45, 7) is 0.751. The highest BCUT2D eigenvalue weighted by atomic mass is 32.2. The van der Waals surface area contributed by atoms with Crippen LogP contribution in [0.5, 0.6) is 0 Å². The highest BCUT2D eigenvalue weighted by molar-refractivity contribution is 8.16. The maximum absolute atomic E-state index is 12.2. The van der Waals surface area contributed by atoms with E-state index in [-0.39, 0.29) is 5.91 Å². The molecule has 1 aliphatic carbocycles. The number of thioether (sulfide) groups is 2. The van der Waals surface area contributed by atoms with E-state index in [2.05, 4.69) is 23.5 Å².